The number of nitrogens with one attached hydrogen (secondary N) is 4. The van der Waals surface area contributed by atoms with Crippen LogP contribution in [0.1, 0.15) is 6.42 Å². The van der Waals surface area contributed by atoms with Gasteiger partial charge in [0.2, 0.25) is 0 Å². The van der Waals surface area contributed by atoms with Gasteiger partial charge in [-0.3, -0.25) is 0 Å². The molecule has 1 aliphatic rings. The summed E-state index contributed by atoms with van der Waals surface area (Å²) in [7, 11) is 0. The Hall–Kier alpha value is -1.79. The Bertz CT molecular complexity index is 598. The smallest absolute Gasteiger partial charge is 0.323 e. The standard InChI is InChI=1S/C13H18N4O2/c18-13-16-11-2-1-9(7-12(11)17-13)15-4-3-10-8-14-5-6-19-10/h1-2,7,10,14-15H,3-6,8H2,(H2,16,17,18). The summed E-state index contributed by atoms with van der Waals surface area (Å²) in [5, 5.41) is 6.66. The topological polar surface area (TPSA) is 81.9 Å². The van der Waals surface area contributed by atoms with Gasteiger partial charge in [-0.1, -0.05) is 0 Å². The molecule has 0 aliphatic carbocycles. The van der Waals surface area contributed by atoms with Crippen LogP contribution >= 0.6 is 0 Å². The first kappa shape index (κ1) is 12.3. The van der Waals surface area contributed by atoms with E-state index in [0.29, 0.717) is 0 Å². The molecule has 1 aliphatic heterocycles. The van der Waals surface area contributed by atoms with Crippen LogP contribution in [0.2, 0.25) is 0 Å². The van der Waals surface area contributed by atoms with Crippen molar-refractivity contribution in [2.45, 2.75) is 12.5 Å². The number of hydrogen-bond acceptors (Lipinski definition) is 4. The largest absolute Gasteiger partial charge is 0.385 e. The van der Waals surface area contributed by atoms with Crippen molar-refractivity contribution in [2.75, 3.05) is 31.6 Å². The van der Waals surface area contributed by atoms with Crippen LogP contribution in [0.3, 0.4) is 0 Å². The Balaban J connectivity index is 1.57. The van der Waals surface area contributed by atoms with E-state index in [2.05, 4.69) is 20.6 Å². The molecule has 1 saturated heterocycles. The first-order chi connectivity index (χ1) is 9.31. The minimum Gasteiger partial charge on any atom is -0.385 e. The van der Waals surface area contributed by atoms with Gasteiger partial charge in [-0.05, 0) is 24.6 Å². The van der Waals surface area contributed by atoms with E-state index in [0.717, 1.165) is 49.4 Å². The van der Waals surface area contributed by atoms with Crippen LogP contribution in [0.4, 0.5) is 5.69 Å². The van der Waals surface area contributed by atoms with Gasteiger partial charge < -0.3 is 25.3 Å². The molecular formula is C13H18N4O2. The van der Waals surface area contributed by atoms with Gasteiger partial charge in [0.25, 0.3) is 0 Å². The third kappa shape index (κ3) is 2.97. The molecule has 102 valence electrons. The van der Waals surface area contributed by atoms with Crippen molar-refractivity contribution in [3.63, 3.8) is 0 Å². The third-order valence-electron chi connectivity index (χ3n) is 3.32. The SMILES string of the molecule is O=c1[nH]c2ccc(NCCC3CNCCO3)cc2[nH]1. The van der Waals surface area contributed by atoms with Gasteiger partial charge in [0.15, 0.2) is 0 Å². The molecule has 6 nitrogen and oxygen atoms in total. The maximum Gasteiger partial charge on any atom is 0.323 e. The summed E-state index contributed by atoms with van der Waals surface area (Å²) in [5.41, 5.74) is 2.49. The first-order valence-corrected chi connectivity index (χ1v) is 6.59. The van der Waals surface area contributed by atoms with E-state index in [1.807, 2.05) is 18.2 Å². The van der Waals surface area contributed by atoms with Gasteiger partial charge in [0.05, 0.1) is 23.7 Å². The van der Waals surface area contributed by atoms with Crippen LogP contribution in [0.25, 0.3) is 11.0 Å². The molecule has 1 aromatic heterocycles. The molecule has 2 heterocycles. The highest BCUT2D eigenvalue weighted by Gasteiger charge is 2.12. The molecule has 4 N–H and O–H groups in total. The van der Waals surface area contributed by atoms with E-state index in [-0.39, 0.29) is 11.8 Å². The lowest BCUT2D eigenvalue weighted by molar-refractivity contribution is 0.0258. The maximum absolute atomic E-state index is 11.2. The summed E-state index contributed by atoms with van der Waals surface area (Å²) in [5.74, 6) is 0. The predicted molar refractivity (Wildman–Crippen MR) is 74.6 cm³/mol. The first-order valence-electron chi connectivity index (χ1n) is 6.59. The number of rotatable bonds is 4. The normalized spacial score (nSPS) is 19.7. The van der Waals surface area contributed by atoms with Gasteiger partial charge in [-0.25, -0.2) is 4.79 Å². The highest BCUT2D eigenvalue weighted by molar-refractivity contribution is 5.78. The number of fused-ring (bicyclic) bond motifs is 1. The molecule has 2 aromatic rings. The summed E-state index contributed by atoms with van der Waals surface area (Å²) in [6.07, 6.45) is 1.26. The van der Waals surface area contributed by atoms with Crippen molar-refractivity contribution >= 4 is 16.7 Å². The number of anilines is 1. The van der Waals surface area contributed by atoms with Crippen LogP contribution in [0.15, 0.2) is 23.0 Å². The summed E-state index contributed by atoms with van der Waals surface area (Å²) in [6, 6.07) is 5.80. The van der Waals surface area contributed by atoms with E-state index in [4.69, 9.17) is 4.74 Å². The average molecular weight is 262 g/mol. The zero-order chi connectivity index (χ0) is 13.1. The molecule has 0 amide bonds. The minimum absolute atomic E-state index is 0.172. The zero-order valence-electron chi connectivity index (χ0n) is 10.7. The number of aromatic nitrogens is 2. The molecule has 19 heavy (non-hydrogen) atoms. The van der Waals surface area contributed by atoms with Crippen LogP contribution in [-0.2, 0) is 4.74 Å². The molecular weight excluding hydrogens is 244 g/mol. The zero-order valence-corrected chi connectivity index (χ0v) is 10.7. The molecule has 1 unspecified atom stereocenters. The number of H-pyrrole nitrogens is 2. The number of morpholine rings is 1. The Morgan fingerprint density at radius 1 is 1.32 bits per heavy atom. The van der Waals surface area contributed by atoms with E-state index in [9.17, 15) is 4.79 Å². The van der Waals surface area contributed by atoms with Crippen molar-refractivity contribution in [3.8, 4) is 0 Å². The number of imidazole rings is 1. The summed E-state index contributed by atoms with van der Waals surface area (Å²) in [6.45, 7) is 3.51. The van der Waals surface area contributed by atoms with E-state index in [1.54, 1.807) is 0 Å². The van der Waals surface area contributed by atoms with Crippen LogP contribution < -0.4 is 16.3 Å². The van der Waals surface area contributed by atoms with Crippen molar-refractivity contribution in [1.82, 2.24) is 15.3 Å². The molecule has 3 rings (SSSR count). The Morgan fingerprint density at radius 3 is 3.05 bits per heavy atom. The van der Waals surface area contributed by atoms with E-state index < -0.39 is 0 Å². The van der Waals surface area contributed by atoms with Gasteiger partial charge >= 0.3 is 5.69 Å². The molecule has 0 saturated carbocycles. The highest BCUT2D eigenvalue weighted by atomic mass is 16.5. The predicted octanol–water partition coefficient (Wildman–Crippen LogP) is 0.647. The van der Waals surface area contributed by atoms with Crippen LogP contribution in [-0.4, -0.2) is 42.3 Å². The summed E-state index contributed by atoms with van der Waals surface area (Å²) >= 11 is 0. The highest BCUT2D eigenvalue weighted by Crippen LogP contribution is 2.14. The molecule has 1 aromatic carbocycles. The van der Waals surface area contributed by atoms with Crippen molar-refractivity contribution in [3.05, 3.63) is 28.7 Å². The summed E-state index contributed by atoms with van der Waals surface area (Å²) in [4.78, 5) is 16.6. The molecule has 6 heteroatoms. The monoisotopic (exact) mass is 262 g/mol. The fourth-order valence-electron chi connectivity index (χ4n) is 2.33. The van der Waals surface area contributed by atoms with Crippen LogP contribution in [0, 0.1) is 0 Å². The fourth-order valence-corrected chi connectivity index (χ4v) is 2.33. The third-order valence-corrected chi connectivity index (χ3v) is 3.32. The van der Waals surface area contributed by atoms with Crippen molar-refractivity contribution in [2.24, 2.45) is 0 Å². The van der Waals surface area contributed by atoms with Crippen molar-refractivity contribution < 1.29 is 4.74 Å². The van der Waals surface area contributed by atoms with E-state index >= 15 is 0 Å². The molecule has 0 radical (unpaired) electrons. The molecule has 0 spiro atoms. The molecule has 1 fully saturated rings. The van der Waals surface area contributed by atoms with Gasteiger partial charge in [0.1, 0.15) is 0 Å². The second-order valence-electron chi connectivity index (χ2n) is 4.75. The van der Waals surface area contributed by atoms with Gasteiger partial charge in [-0.15, -0.1) is 0 Å². The lowest BCUT2D eigenvalue weighted by atomic mass is 10.2. The van der Waals surface area contributed by atoms with Gasteiger partial charge in [0, 0.05) is 25.3 Å². The second-order valence-corrected chi connectivity index (χ2v) is 4.75. The number of benzene rings is 1. The van der Waals surface area contributed by atoms with Crippen LogP contribution in [0.5, 0.6) is 0 Å². The lowest BCUT2D eigenvalue weighted by Crippen LogP contribution is -2.39. The quantitative estimate of drug-likeness (QED) is 0.652. The summed E-state index contributed by atoms with van der Waals surface area (Å²) < 4.78 is 5.63. The number of ether oxygens (including phenoxy) is 1. The Labute approximate surface area is 110 Å². The second kappa shape index (κ2) is 5.46. The maximum atomic E-state index is 11.2. The number of hydrogen-bond donors (Lipinski definition) is 4. The molecule has 1 atom stereocenters. The fraction of sp³-hybridized carbons (Fsp3) is 0.462. The average Bonchev–Trinajstić information content (AvgIpc) is 2.79. The Morgan fingerprint density at radius 2 is 2.21 bits per heavy atom. The minimum atomic E-state index is -0.172. The Kier molecular flexibility index (Phi) is 3.52. The van der Waals surface area contributed by atoms with Crippen molar-refractivity contribution in [1.29, 1.82) is 0 Å². The van der Waals surface area contributed by atoms with Gasteiger partial charge in [-0.2, -0.15) is 0 Å². The molecule has 0 bridgehead atoms. The van der Waals surface area contributed by atoms with E-state index in [1.165, 1.54) is 0 Å². The number of aromatic amines is 2. The lowest BCUT2D eigenvalue weighted by Gasteiger charge is -2.23.